The molecule has 0 aliphatic carbocycles. The number of rotatable bonds is 7. The molecule has 2 N–H and O–H groups in total. The smallest absolute Gasteiger partial charge is 0.338 e. The number of nitrogens with zero attached hydrogens (tertiary/aromatic N) is 2. The number of hydrogen-bond acceptors (Lipinski definition) is 7. The molecule has 0 radical (unpaired) electrons. The predicted octanol–water partition coefficient (Wildman–Crippen LogP) is 3.40. The van der Waals surface area contributed by atoms with E-state index in [-0.39, 0.29) is 29.1 Å². The highest BCUT2D eigenvalue weighted by Gasteiger charge is 2.10. The Hall–Kier alpha value is -3.68. The van der Waals surface area contributed by atoms with Crippen molar-refractivity contribution < 1.29 is 14.3 Å². The van der Waals surface area contributed by atoms with Crippen molar-refractivity contribution in [2.45, 2.75) is 13.8 Å². The summed E-state index contributed by atoms with van der Waals surface area (Å²) in [5.74, 6) is 0.786. The summed E-state index contributed by atoms with van der Waals surface area (Å²) in [4.78, 5) is 27.0. The standard InChI is InChI=1S/C21H22N4O4/c1-13(2)12-29-20(27)15-4-8-16(9-5-15)22-21-23-19(26)18(24-25-21)14-6-10-17(28-3)11-7-14/h4-11,13H,12H2,1-3H3,(H2,22,23,25,26). The Morgan fingerprint density at radius 3 is 2.34 bits per heavy atom. The second-order valence-corrected chi connectivity index (χ2v) is 6.77. The van der Waals surface area contributed by atoms with Crippen LogP contribution in [0.5, 0.6) is 5.75 Å². The number of hydrogen-bond donors (Lipinski definition) is 2. The van der Waals surface area contributed by atoms with Gasteiger partial charge in [0, 0.05) is 11.3 Å². The first-order valence-electron chi connectivity index (χ1n) is 9.12. The fourth-order valence-corrected chi connectivity index (χ4v) is 2.48. The lowest BCUT2D eigenvalue weighted by Gasteiger charge is -2.08. The molecule has 8 nitrogen and oxygen atoms in total. The molecule has 0 unspecified atom stereocenters. The number of H-pyrrole nitrogens is 1. The third-order valence-electron chi connectivity index (χ3n) is 3.99. The number of carbonyl (C=O) groups excluding carboxylic acids is 1. The van der Waals surface area contributed by atoms with Crippen molar-refractivity contribution >= 4 is 17.6 Å². The van der Waals surface area contributed by atoms with Crippen LogP contribution in [0.3, 0.4) is 0 Å². The van der Waals surface area contributed by atoms with Gasteiger partial charge in [-0.05, 0) is 54.4 Å². The van der Waals surface area contributed by atoms with E-state index >= 15 is 0 Å². The molecule has 1 aromatic heterocycles. The topological polar surface area (TPSA) is 106 Å². The lowest BCUT2D eigenvalue weighted by atomic mass is 10.1. The van der Waals surface area contributed by atoms with Gasteiger partial charge in [-0.3, -0.25) is 9.78 Å². The van der Waals surface area contributed by atoms with Gasteiger partial charge in [-0.1, -0.05) is 13.8 Å². The van der Waals surface area contributed by atoms with E-state index in [0.29, 0.717) is 29.2 Å². The van der Waals surface area contributed by atoms with Crippen molar-refractivity contribution in [1.82, 2.24) is 15.2 Å². The minimum Gasteiger partial charge on any atom is -0.497 e. The minimum absolute atomic E-state index is 0.197. The molecule has 0 atom stereocenters. The van der Waals surface area contributed by atoms with Crippen molar-refractivity contribution in [2.24, 2.45) is 5.92 Å². The van der Waals surface area contributed by atoms with Crippen LogP contribution in [0, 0.1) is 5.92 Å². The average molecular weight is 394 g/mol. The third-order valence-corrected chi connectivity index (χ3v) is 3.99. The summed E-state index contributed by atoms with van der Waals surface area (Å²) in [5.41, 5.74) is 1.57. The molecule has 0 aliphatic heterocycles. The summed E-state index contributed by atoms with van der Waals surface area (Å²) in [7, 11) is 1.57. The minimum atomic E-state index is -0.374. The Labute approximate surface area is 167 Å². The van der Waals surface area contributed by atoms with Crippen LogP contribution in [0.25, 0.3) is 11.3 Å². The van der Waals surface area contributed by atoms with Crippen LogP contribution in [0.4, 0.5) is 11.6 Å². The average Bonchev–Trinajstić information content (AvgIpc) is 2.73. The maximum atomic E-state index is 12.4. The molecule has 8 heteroatoms. The number of anilines is 2. The zero-order valence-corrected chi connectivity index (χ0v) is 16.4. The van der Waals surface area contributed by atoms with E-state index in [1.807, 2.05) is 13.8 Å². The van der Waals surface area contributed by atoms with E-state index in [1.165, 1.54) is 0 Å². The Balaban J connectivity index is 1.69. The summed E-state index contributed by atoms with van der Waals surface area (Å²) in [6.45, 7) is 4.32. The van der Waals surface area contributed by atoms with Crippen LogP contribution < -0.4 is 15.6 Å². The van der Waals surface area contributed by atoms with Crippen LogP contribution in [0.1, 0.15) is 24.2 Å². The maximum absolute atomic E-state index is 12.4. The summed E-state index contributed by atoms with van der Waals surface area (Å²) >= 11 is 0. The molecular formula is C21H22N4O4. The first-order chi connectivity index (χ1) is 14.0. The summed E-state index contributed by atoms with van der Waals surface area (Å²) in [5, 5.41) is 11.0. The highest BCUT2D eigenvalue weighted by molar-refractivity contribution is 5.89. The molecule has 0 fully saturated rings. The van der Waals surface area contributed by atoms with E-state index in [0.717, 1.165) is 0 Å². The Morgan fingerprint density at radius 2 is 1.76 bits per heavy atom. The quantitative estimate of drug-likeness (QED) is 0.592. The molecular weight excluding hydrogens is 372 g/mol. The fourth-order valence-electron chi connectivity index (χ4n) is 2.48. The molecule has 0 spiro atoms. The molecule has 1 heterocycles. The maximum Gasteiger partial charge on any atom is 0.338 e. The van der Waals surface area contributed by atoms with E-state index in [2.05, 4.69) is 20.5 Å². The highest BCUT2D eigenvalue weighted by atomic mass is 16.5. The van der Waals surface area contributed by atoms with E-state index < -0.39 is 0 Å². The number of methoxy groups -OCH3 is 1. The van der Waals surface area contributed by atoms with Crippen LogP contribution in [-0.2, 0) is 4.74 Å². The van der Waals surface area contributed by atoms with Gasteiger partial charge in [0.05, 0.1) is 19.3 Å². The van der Waals surface area contributed by atoms with E-state index in [9.17, 15) is 9.59 Å². The third kappa shape index (κ3) is 5.19. The van der Waals surface area contributed by atoms with Gasteiger partial charge in [0.1, 0.15) is 5.75 Å². The SMILES string of the molecule is COc1ccc(-c2nnc(Nc3ccc(C(=O)OCC(C)C)cc3)[nH]c2=O)cc1. The van der Waals surface area contributed by atoms with Gasteiger partial charge >= 0.3 is 5.97 Å². The largest absolute Gasteiger partial charge is 0.497 e. The number of benzene rings is 2. The number of nitrogens with one attached hydrogen (secondary N) is 2. The Bertz CT molecular complexity index is 1030. The zero-order valence-electron chi connectivity index (χ0n) is 16.4. The Kier molecular flexibility index (Phi) is 6.23. The first kappa shape index (κ1) is 20.1. The Morgan fingerprint density at radius 1 is 1.07 bits per heavy atom. The van der Waals surface area contributed by atoms with Crippen LogP contribution in [0.15, 0.2) is 53.3 Å². The molecule has 0 saturated carbocycles. The molecule has 0 aliphatic rings. The fraction of sp³-hybridized carbons (Fsp3) is 0.238. The van der Waals surface area contributed by atoms with Gasteiger partial charge in [0.25, 0.3) is 5.56 Å². The number of aromatic nitrogens is 3. The number of esters is 1. The first-order valence-corrected chi connectivity index (χ1v) is 9.12. The van der Waals surface area contributed by atoms with Crippen molar-refractivity contribution in [1.29, 1.82) is 0 Å². The lowest BCUT2D eigenvalue weighted by Crippen LogP contribution is -2.15. The van der Waals surface area contributed by atoms with Gasteiger partial charge in [-0.15, -0.1) is 10.2 Å². The summed E-state index contributed by atoms with van der Waals surface area (Å²) in [6.07, 6.45) is 0. The molecule has 2 aromatic carbocycles. The molecule has 0 amide bonds. The van der Waals surface area contributed by atoms with Gasteiger partial charge in [-0.25, -0.2) is 4.79 Å². The normalized spacial score (nSPS) is 10.6. The van der Waals surface area contributed by atoms with Crippen molar-refractivity contribution in [2.75, 3.05) is 19.0 Å². The van der Waals surface area contributed by atoms with Crippen LogP contribution in [-0.4, -0.2) is 34.9 Å². The summed E-state index contributed by atoms with van der Waals surface area (Å²) in [6, 6.07) is 13.6. The van der Waals surface area contributed by atoms with E-state index in [1.54, 1.807) is 55.6 Å². The van der Waals surface area contributed by atoms with Crippen LogP contribution in [0.2, 0.25) is 0 Å². The molecule has 3 aromatic rings. The number of aromatic amines is 1. The molecule has 0 bridgehead atoms. The molecule has 0 saturated heterocycles. The van der Waals surface area contributed by atoms with E-state index in [4.69, 9.17) is 9.47 Å². The predicted molar refractivity (Wildman–Crippen MR) is 109 cm³/mol. The van der Waals surface area contributed by atoms with Crippen molar-refractivity contribution in [3.05, 3.63) is 64.4 Å². The van der Waals surface area contributed by atoms with Gasteiger partial charge < -0.3 is 14.8 Å². The second-order valence-electron chi connectivity index (χ2n) is 6.77. The summed E-state index contributed by atoms with van der Waals surface area (Å²) < 4.78 is 10.3. The van der Waals surface area contributed by atoms with Gasteiger partial charge in [-0.2, -0.15) is 0 Å². The number of carbonyl (C=O) groups is 1. The molecule has 29 heavy (non-hydrogen) atoms. The van der Waals surface area contributed by atoms with Crippen molar-refractivity contribution in [3.63, 3.8) is 0 Å². The monoisotopic (exact) mass is 394 g/mol. The number of ether oxygens (including phenoxy) is 2. The highest BCUT2D eigenvalue weighted by Crippen LogP contribution is 2.18. The van der Waals surface area contributed by atoms with Crippen LogP contribution >= 0.6 is 0 Å². The second kappa shape index (κ2) is 9.01. The zero-order chi connectivity index (χ0) is 20.8. The molecule has 3 rings (SSSR count). The molecule has 150 valence electrons. The van der Waals surface area contributed by atoms with Crippen molar-refractivity contribution in [3.8, 4) is 17.0 Å². The van der Waals surface area contributed by atoms with Gasteiger partial charge in [0.15, 0.2) is 5.69 Å². The lowest BCUT2D eigenvalue weighted by molar-refractivity contribution is 0.0459. The van der Waals surface area contributed by atoms with Gasteiger partial charge in [0.2, 0.25) is 5.95 Å².